The van der Waals surface area contributed by atoms with Gasteiger partial charge in [0.15, 0.2) is 0 Å². The van der Waals surface area contributed by atoms with Crippen LogP contribution in [0.4, 0.5) is 30.6 Å². The zero-order chi connectivity index (χ0) is 22.8. The van der Waals surface area contributed by atoms with E-state index in [0.717, 1.165) is 19.0 Å². The molecule has 1 aliphatic heterocycles. The molecule has 0 aliphatic carbocycles. The average molecular weight is 439 g/mol. The van der Waals surface area contributed by atoms with E-state index >= 15 is 0 Å². The third-order valence-corrected chi connectivity index (χ3v) is 5.25. The molecule has 1 fully saturated rings. The molecular weight excluding hydrogens is 411 g/mol. The van der Waals surface area contributed by atoms with Gasteiger partial charge < -0.3 is 15.5 Å². The maximum atomic E-state index is 13.1. The number of anilines is 3. The highest BCUT2D eigenvalue weighted by molar-refractivity contribution is 5.78. The monoisotopic (exact) mass is 439 g/mol. The standard InChI is InChI=1S/C20H28F3N7O/c1-5-24-17-15(20(21,22)23)10-25-19(27-17)26-16-11-30(28-13(16)4)14-6-8-29(9-7-14)18(31)12(2)3/h10-12,14H,5-9H2,1-4H3,(H2,24,25,26,27). The Morgan fingerprint density at radius 1 is 1.29 bits per heavy atom. The molecule has 31 heavy (non-hydrogen) atoms. The molecule has 1 saturated heterocycles. The van der Waals surface area contributed by atoms with E-state index in [4.69, 9.17) is 0 Å². The van der Waals surface area contributed by atoms with Crippen LogP contribution in [0.25, 0.3) is 0 Å². The third kappa shape index (κ3) is 5.26. The van der Waals surface area contributed by atoms with Gasteiger partial charge in [0.05, 0.1) is 17.4 Å². The largest absolute Gasteiger partial charge is 0.421 e. The Morgan fingerprint density at radius 3 is 2.55 bits per heavy atom. The summed E-state index contributed by atoms with van der Waals surface area (Å²) in [6.45, 7) is 8.96. The summed E-state index contributed by atoms with van der Waals surface area (Å²) in [4.78, 5) is 21.9. The molecule has 0 aromatic carbocycles. The number of aryl methyl sites for hydroxylation is 1. The number of amides is 1. The van der Waals surface area contributed by atoms with Crippen molar-refractivity contribution in [1.82, 2.24) is 24.6 Å². The lowest BCUT2D eigenvalue weighted by Crippen LogP contribution is -2.41. The number of alkyl halides is 3. The van der Waals surface area contributed by atoms with Gasteiger partial charge in [0.1, 0.15) is 11.4 Å². The molecule has 0 radical (unpaired) electrons. The third-order valence-electron chi connectivity index (χ3n) is 5.25. The van der Waals surface area contributed by atoms with Gasteiger partial charge in [-0.15, -0.1) is 0 Å². The zero-order valence-corrected chi connectivity index (χ0v) is 18.1. The average Bonchev–Trinajstić information content (AvgIpc) is 3.07. The van der Waals surface area contributed by atoms with Gasteiger partial charge in [-0.05, 0) is 26.7 Å². The Labute approximate surface area is 179 Å². The Kier molecular flexibility index (Phi) is 6.71. The predicted octanol–water partition coefficient (Wildman–Crippen LogP) is 4.00. The van der Waals surface area contributed by atoms with Crippen molar-refractivity contribution in [2.24, 2.45) is 5.92 Å². The summed E-state index contributed by atoms with van der Waals surface area (Å²) >= 11 is 0. The number of rotatable bonds is 6. The first kappa shape index (κ1) is 22.8. The van der Waals surface area contributed by atoms with Crippen molar-refractivity contribution in [3.05, 3.63) is 23.7 Å². The fourth-order valence-corrected chi connectivity index (χ4v) is 3.58. The molecule has 2 N–H and O–H groups in total. The number of hydrogen-bond acceptors (Lipinski definition) is 6. The summed E-state index contributed by atoms with van der Waals surface area (Å²) in [6, 6.07) is 0.149. The molecule has 3 rings (SSSR count). The summed E-state index contributed by atoms with van der Waals surface area (Å²) in [5.41, 5.74) is 0.409. The van der Waals surface area contributed by atoms with Crippen molar-refractivity contribution in [2.45, 2.75) is 52.8 Å². The molecule has 0 spiro atoms. The van der Waals surface area contributed by atoms with Crippen LogP contribution in [0.3, 0.4) is 0 Å². The Hall–Kier alpha value is -2.85. The van der Waals surface area contributed by atoms with Crippen LogP contribution in [0.2, 0.25) is 0 Å². The van der Waals surface area contributed by atoms with Gasteiger partial charge in [0.25, 0.3) is 0 Å². The topological polar surface area (TPSA) is 88.0 Å². The van der Waals surface area contributed by atoms with E-state index in [1.807, 2.05) is 36.5 Å². The molecular formula is C20H28F3N7O. The summed E-state index contributed by atoms with van der Waals surface area (Å²) in [5.74, 6) is -0.0628. The molecule has 1 amide bonds. The normalized spacial score (nSPS) is 15.4. The molecule has 1 aliphatic rings. The SMILES string of the molecule is CCNc1nc(Nc2cn(C3CCN(C(=O)C(C)C)CC3)nc2C)ncc1C(F)(F)F. The number of likely N-dealkylation sites (tertiary alicyclic amines) is 1. The molecule has 2 aromatic heterocycles. The molecule has 0 unspecified atom stereocenters. The first-order valence-electron chi connectivity index (χ1n) is 10.4. The van der Waals surface area contributed by atoms with Gasteiger partial charge in [-0.3, -0.25) is 9.48 Å². The minimum absolute atomic E-state index is 0.0184. The molecule has 2 aromatic rings. The fourth-order valence-electron chi connectivity index (χ4n) is 3.58. The highest BCUT2D eigenvalue weighted by Gasteiger charge is 2.35. The minimum atomic E-state index is -4.54. The number of piperidine rings is 1. The second-order valence-electron chi connectivity index (χ2n) is 7.93. The van der Waals surface area contributed by atoms with E-state index < -0.39 is 11.7 Å². The Morgan fingerprint density at radius 2 is 1.97 bits per heavy atom. The second kappa shape index (κ2) is 9.11. The van der Waals surface area contributed by atoms with Crippen LogP contribution in [0.1, 0.15) is 50.9 Å². The molecule has 0 saturated carbocycles. The lowest BCUT2D eigenvalue weighted by molar-refractivity contribution is -0.137. The molecule has 11 heteroatoms. The van der Waals surface area contributed by atoms with E-state index in [-0.39, 0.29) is 29.6 Å². The number of nitrogens with zero attached hydrogens (tertiary/aromatic N) is 5. The van der Waals surface area contributed by atoms with E-state index in [1.165, 1.54) is 0 Å². The van der Waals surface area contributed by atoms with Crippen molar-refractivity contribution in [3.8, 4) is 0 Å². The van der Waals surface area contributed by atoms with Crippen LogP contribution in [-0.4, -0.2) is 50.2 Å². The van der Waals surface area contributed by atoms with Crippen LogP contribution in [0.5, 0.6) is 0 Å². The number of hydrogen-bond donors (Lipinski definition) is 2. The van der Waals surface area contributed by atoms with Crippen LogP contribution in [0.15, 0.2) is 12.4 Å². The fraction of sp³-hybridized carbons (Fsp3) is 0.600. The molecule has 0 atom stereocenters. The van der Waals surface area contributed by atoms with E-state index in [9.17, 15) is 18.0 Å². The number of aromatic nitrogens is 4. The molecule has 3 heterocycles. The quantitative estimate of drug-likeness (QED) is 0.708. The van der Waals surface area contributed by atoms with Crippen molar-refractivity contribution >= 4 is 23.4 Å². The van der Waals surface area contributed by atoms with Gasteiger partial charge in [-0.1, -0.05) is 13.8 Å². The van der Waals surface area contributed by atoms with Crippen molar-refractivity contribution in [2.75, 3.05) is 30.3 Å². The summed E-state index contributed by atoms with van der Waals surface area (Å²) in [7, 11) is 0. The van der Waals surface area contributed by atoms with Gasteiger partial charge in [-0.2, -0.15) is 23.3 Å². The number of carbonyl (C=O) groups is 1. The summed E-state index contributed by atoms with van der Waals surface area (Å²) in [6.07, 6.45) is -0.369. The van der Waals surface area contributed by atoms with Gasteiger partial charge in [0, 0.05) is 37.9 Å². The van der Waals surface area contributed by atoms with E-state index in [2.05, 4.69) is 25.7 Å². The minimum Gasteiger partial charge on any atom is -0.370 e. The van der Waals surface area contributed by atoms with Crippen molar-refractivity contribution < 1.29 is 18.0 Å². The van der Waals surface area contributed by atoms with Crippen LogP contribution >= 0.6 is 0 Å². The lowest BCUT2D eigenvalue weighted by atomic mass is 10.0. The highest BCUT2D eigenvalue weighted by Crippen LogP contribution is 2.34. The first-order chi connectivity index (χ1) is 14.6. The van der Waals surface area contributed by atoms with Gasteiger partial charge >= 0.3 is 6.18 Å². The zero-order valence-electron chi connectivity index (χ0n) is 18.1. The maximum Gasteiger partial charge on any atom is 0.421 e. The Bertz CT molecular complexity index is 918. The molecule has 170 valence electrons. The van der Waals surface area contributed by atoms with Gasteiger partial charge in [-0.25, -0.2) is 4.98 Å². The number of nitrogens with one attached hydrogen (secondary N) is 2. The van der Waals surface area contributed by atoms with E-state index in [0.29, 0.717) is 31.0 Å². The molecule has 8 nitrogen and oxygen atoms in total. The second-order valence-corrected chi connectivity index (χ2v) is 7.93. The highest BCUT2D eigenvalue weighted by atomic mass is 19.4. The van der Waals surface area contributed by atoms with Crippen molar-refractivity contribution in [3.63, 3.8) is 0 Å². The predicted molar refractivity (Wildman–Crippen MR) is 111 cm³/mol. The molecule has 0 bridgehead atoms. The summed E-state index contributed by atoms with van der Waals surface area (Å²) in [5, 5.41) is 10.2. The van der Waals surface area contributed by atoms with Crippen LogP contribution in [0, 0.1) is 12.8 Å². The summed E-state index contributed by atoms with van der Waals surface area (Å²) < 4.78 is 41.3. The van der Waals surface area contributed by atoms with E-state index in [1.54, 1.807) is 6.92 Å². The lowest BCUT2D eigenvalue weighted by Gasteiger charge is -2.33. The van der Waals surface area contributed by atoms with Crippen molar-refractivity contribution in [1.29, 1.82) is 0 Å². The Balaban J connectivity index is 1.72. The van der Waals surface area contributed by atoms with Crippen LogP contribution < -0.4 is 10.6 Å². The maximum absolute atomic E-state index is 13.1. The number of halogens is 3. The smallest absolute Gasteiger partial charge is 0.370 e. The first-order valence-corrected chi connectivity index (χ1v) is 10.4. The number of carbonyl (C=O) groups excluding carboxylic acids is 1. The van der Waals surface area contributed by atoms with Gasteiger partial charge in [0.2, 0.25) is 11.9 Å². The van der Waals surface area contributed by atoms with Crippen LogP contribution in [-0.2, 0) is 11.0 Å².